The molecule has 1 fully saturated rings. The van der Waals surface area contributed by atoms with Crippen LogP contribution in [0, 0.1) is 12.8 Å². The van der Waals surface area contributed by atoms with Gasteiger partial charge in [-0.25, -0.2) is 0 Å². The molecule has 0 atom stereocenters. The van der Waals surface area contributed by atoms with E-state index in [4.69, 9.17) is 9.84 Å². The van der Waals surface area contributed by atoms with Gasteiger partial charge in [0, 0.05) is 19.0 Å². The van der Waals surface area contributed by atoms with Crippen molar-refractivity contribution in [2.75, 3.05) is 39.5 Å². The van der Waals surface area contributed by atoms with Crippen LogP contribution >= 0.6 is 0 Å². The van der Waals surface area contributed by atoms with Gasteiger partial charge in [-0.2, -0.15) is 0 Å². The molecule has 5 nitrogen and oxygen atoms in total. The number of nitrogens with one attached hydrogen (secondary N) is 1. The summed E-state index contributed by atoms with van der Waals surface area (Å²) in [6.07, 6.45) is 1.81. The van der Waals surface area contributed by atoms with Crippen LogP contribution in [0.3, 0.4) is 0 Å². The second kappa shape index (κ2) is 9.65. The van der Waals surface area contributed by atoms with Crippen LogP contribution in [-0.4, -0.2) is 55.4 Å². The molecule has 0 spiro atoms. The number of ether oxygens (including phenoxy) is 1. The number of piperidine rings is 1. The van der Waals surface area contributed by atoms with Crippen molar-refractivity contribution in [2.24, 2.45) is 5.92 Å². The van der Waals surface area contributed by atoms with Crippen LogP contribution in [0.1, 0.15) is 24.0 Å². The Balaban J connectivity index is 1.64. The van der Waals surface area contributed by atoms with E-state index in [1.807, 2.05) is 0 Å². The maximum Gasteiger partial charge on any atom is 0.223 e. The highest BCUT2D eigenvalue weighted by molar-refractivity contribution is 5.78. The molecule has 1 aliphatic heterocycles. The molecule has 1 amide bonds. The number of hydrogen-bond acceptors (Lipinski definition) is 4. The minimum Gasteiger partial charge on any atom is -0.394 e. The van der Waals surface area contributed by atoms with Gasteiger partial charge in [0.2, 0.25) is 5.91 Å². The van der Waals surface area contributed by atoms with E-state index in [1.165, 1.54) is 5.56 Å². The van der Waals surface area contributed by atoms with Crippen molar-refractivity contribution in [2.45, 2.75) is 26.3 Å². The Morgan fingerprint density at radius 1 is 1.26 bits per heavy atom. The van der Waals surface area contributed by atoms with Gasteiger partial charge >= 0.3 is 0 Å². The molecule has 2 N–H and O–H groups in total. The van der Waals surface area contributed by atoms with Crippen LogP contribution in [-0.2, 0) is 16.1 Å². The van der Waals surface area contributed by atoms with E-state index >= 15 is 0 Å². The topological polar surface area (TPSA) is 61.8 Å². The number of hydrogen-bond donors (Lipinski definition) is 2. The SMILES string of the molecule is Cc1ccc(CNC(=O)C2CCN(CCOCCO)CC2)cc1. The third kappa shape index (κ3) is 6.29. The largest absolute Gasteiger partial charge is 0.394 e. The van der Waals surface area contributed by atoms with E-state index in [0.717, 1.165) is 38.0 Å². The second-order valence-corrected chi connectivity index (χ2v) is 6.16. The molecule has 0 aliphatic carbocycles. The van der Waals surface area contributed by atoms with Gasteiger partial charge in [-0.1, -0.05) is 29.8 Å². The number of carbonyl (C=O) groups excluding carboxylic acids is 1. The van der Waals surface area contributed by atoms with Gasteiger partial charge in [-0.3, -0.25) is 4.79 Å². The first kappa shape index (κ1) is 17.9. The molecule has 1 aromatic rings. The normalized spacial score (nSPS) is 16.4. The van der Waals surface area contributed by atoms with Crippen molar-refractivity contribution in [3.8, 4) is 0 Å². The van der Waals surface area contributed by atoms with Crippen LogP contribution < -0.4 is 5.32 Å². The maximum absolute atomic E-state index is 12.3. The van der Waals surface area contributed by atoms with Gasteiger partial charge in [-0.15, -0.1) is 0 Å². The lowest BCUT2D eigenvalue weighted by Crippen LogP contribution is -2.41. The summed E-state index contributed by atoms with van der Waals surface area (Å²) in [5.74, 6) is 0.289. The van der Waals surface area contributed by atoms with Gasteiger partial charge in [0.15, 0.2) is 0 Å². The van der Waals surface area contributed by atoms with E-state index in [-0.39, 0.29) is 18.4 Å². The molecule has 0 saturated carbocycles. The minimum atomic E-state index is 0.0726. The second-order valence-electron chi connectivity index (χ2n) is 6.16. The Hall–Kier alpha value is -1.43. The summed E-state index contributed by atoms with van der Waals surface area (Å²) in [5, 5.41) is 11.7. The average Bonchev–Trinajstić information content (AvgIpc) is 2.58. The zero-order valence-electron chi connectivity index (χ0n) is 14.0. The Morgan fingerprint density at radius 3 is 2.61 bits per heavy atom. The lowest BCUT2D eigenvalue weighted by molar-refractivity contribution is -0.126. The van der Waals surface area contributed by atoms with Gasteiger partial charge in [0.25, 0.3) is 0 Å². The Kier molecular flexibility index (Phi) is 7.52. The first-order valence-electron chi connectivity index (χ1n) is 8.43. The third-order valence-corrected chi connectivity index (χ3v) is 4.33. The number of carbonyl (C=O) groups is 1. The molecule has 23 heavy (non-hydrogen) atoms. The van der Waals surface area contributed by atoms with Crippen LogP contribution in [0.25, 0.3) is 0 Å². The van der Waals surface area contributed by atoms with Gasteiger partial charge < -0.3 is 20.1 Å². The predicted octanol–water partition coefficient (Wildman–Crippen LogP) is 1.33. The van der Waals surface area contributed by atoms with Crippen molar-refractivity contribution < 1.29 is 14.6 Å². The van der Waals surface area contributed by atoms with E-state index < -0.39 is 0 Å². The zero-order valence-corrected chi connectivity index (χ0v) is 14.0. The number of nitrogens with zero attached hydrogens (tertiary/aromatic N) is 1. The van der Waals surface area contributed by atoms with Gasteiger partial charge in [0.1, 0.15) is 0 Å². The lowest BCUT2D eigenvalue weighted by atomic mass is 9.96. The molecule has 128 valence electrons. The van der Waals surface area contributed by atoms with Gasteiger partial charge in [-0.05, 0) is 38.4 Å². The fourth-order valence-corrected chi connectivity index (χ4v) is 2.82. The zero-order chi connectivity index (χ0) is 16.5. The molecule has 2 rings (SSSR count). The van der Waals surface area contributed by atoms with Gasteiger partial charge in [0.05, 0.1) is 19.8 Å². The van der Waals surface area contributed by atoms with E-state index in [2.05, 4.69) is 41.4 Å². The Morgan fingerprint density at radius 2 is 1.96 bits per heavy atom. The molecule has 5 heteroatoms. The highest BCUT2D eigenvalue weighted by Gasteiger charge is 2.24. The lowest BCUT2D eigenvalue weighted by Gasteiger charge is -2.31. The summed E-state index contributed by atoms with van der Waals surface area (Å²) in [6.45, 7) is 6.53. The number of amides is 1. The van der Waals surface area contributed by atoms with Crippen LogP contribution in [0.5, 0.6) is 0 Å². The maximum atomic E-state index is 12.3. The summed E-state index contributed by atoms with van der Waals surface area (Å²) in [6, 6.07) is 8.26. The summed E-state index contributed by atoms with van der Waals surface area (Å²) in [5.41, 5.74) is 2.37. The molecule has 1 aromatic carbocycles. The molecule has 1 saturated heterocycles. The molecule has 0 aromatic heterocycles. The van der Waals surface area contributed by atoms with Crippen molar-refractivity contribution in [3.05, 3.63) is 35.4 Å². The average molecular weight is 320 g/mol. The number of aryl methyl sites for hydroxylation is 1. The van der Waals surface area contributed by atoms with Crippen molar-refractivity contribution in [1.29, 1.82) is 0 Å². The van der Waals surface area contributed by atoms with E-state index in [0.29, 0.717) is 19.8 Å². The smallest absolute Gasteiger partial charge is 0.223 e. The fourth-order valence-electron chi connectivity index (χ4n) is 2.82. The number of likely N-dealkylation sites (tertiary alicyclic amines) is 1. The first-order chi connectivity index (χ1) is 11.2. The third-order valence-electron chi connectivity index (χ3n) is 4.33. The summed E-state index contributed by atoms with van der Waals surface area (Å²) >= 11 is 0. The molecule has 0 radical (unpaired) electrons. The van der Waals surface area contributed by atoms with Crippen LogP contribution in [0.15, 0.2) is 24.3 Å². The fraction of sp³-hybridized carbons (Fsp3) is 0.611. The molecule has 0 bridgehead atoms. The molecular formula is C18H28N2O3. The van der Waals surface area contributed by atoms with Crippen molar-refractivity contribution in [3.63, 3.8) is 0 Å². The standard InChI is InChI=1S/C18H28N2O3/c1-15-2-4-16(5-3-15)14-19-18(22)17-6-8-20(9-7-17)10-12-23-13-11-21/h2-5,17,21H,6-14H2,1H3,(H,19,22). The summed E-state index contributed by atoms with van der Waals surface area (Å²) in [7, 11) is 0. The van der Waals surface area contributed by atoms with Crippen molar-refractivity contribution in [1.82, 2.24) is 10.2 Å². The van der Waals surface area contributed by atoms with E-state index in [9.17, 15) is 4.79 Å². The summed E-state index contributed by atoms with van der Waals surface area (Å²) in [4.78, 5) is 14.6. The molecular weight excluding hydrogens is 292 g/mol. The predicted molar refractivity (Wildman–Crippen MR) is 90.1 cm³/mol. The van der Waals surface area contributed by atoms with Crippen LogP contribution in [0.4, 0.5) is 0 Å². The first-order valence-corrected chi connectivity index (χ1v) is 8.43. The quantitative estimate of drug-likeness (QED) is 0.710. The number of benzene rings is 1. The minimum absolute atomic E-state index is 0.0726. The van der Waals surface area contributed by atoms with Crippen LogP contribution in [0.2, 0.25) is 0 Å². The Labute approximate surface area is 138 Å². The number of rotatable bonds is 8. The molecule has 1 heterocycles. The summed E-state index contributed by atoms with van der Waals surface area (Å²) < 4.78 is 5.28. The van der Waals surface area contributed by atoms with Crippen molar-refractivity contribution >= 4 is 5.91 Å². The molecule has 0 unspecified atom stereocenters. The van der Waals surface area contributed by atoms with E-state index in [1.54, 1.807) is 0 Å². The monoisotopic (exact) mass is 320 g/mol. The highest BCUT2D eigenvalue weighted by atomic mass is 16.5. The highest BCUT2D eigenvalue weighted by Crippen LogP contribution is 2.17. The molecule has 1 aliphatic rings. The number of aliphatic hydroxyl groups excluding tert-OH is 1. The number of aliphatic hydroxyl groups is 1. The Bertz CT molecular complexity index is 468.